The van der Waals surface area contributed by atoms with Crippen LogP contribution in [-0.4, -0.2) is 58.2 Å². The first-order chi connectivity index (χ1) is 8.69. The van der Waals surface area contributed by atoms with Gasteiger partial charge in [0.05, 0.1) is 25.4 Å². The van der Waals surface area contributed by atoms with E-state index in [1.165, 1.54) is 0 Å². The smallest absolute Gasteiger partial charge is 0.261 e. The molecule has 0 heterocycles. The van der Waals surface area contributed by atoms with Crippen LogP contribution in [-0.2, 0) is 14.2 Å². The zero-order valence-electron chi connectivity index (χ0n) is 11.0. The van der Waals surface area contributed by atoms with Crippen LogP contribution in [0.15, 0.2) is 0 Å². The highest BCUT2D eigenvalue weighted by Crippen LogP contribution is 2.27. The van der Waals surface area contributed by atoms with E-state index in [0.29, 0.717) is 13.2 Å². The number of ether oxygens (including phenoxy) is 3. The Labute approximate surface area is 107 Å². The fraction of sp³-hybridized carbons (Fsp3) is 1.00. The number of hydrogen-bond donors (Lipinski definition) is 1. The first kappa shape index (κ1) is 15.8. The Morgan fingerprint density at radius 2 is 2.06 bits per heavy atom. The zero-order chi connectivity index (χ0) is 13.4. The van der Waals surface area contributed by atoms with Gasteiger partial charge in [-0.1, -0.05) is 6.92 Å². The summed E-state index contributed by atoms with van der Waals surface area (Å²) in [7, 11) is 1.60. The van der Waals surface area contributed by atoms with Gasteiger partial charge in [-0.2, -0.15) is 0 Å². The minimum Gasteiger partial charge on any atom is -0.382 e. The SMILES string of the molecule is CCCNC1CC(OCC(F)F)C1OCCOC. The van der Waals surface area contributed by atoms with Crippen LogP contribution in [0.25, 0.3) is 0 Å². The largest absolute Gasteiger partial charge is 0.382 e. The summed E-state index contributed by atoms with van der Waals surface area (Å²) in [6.07, 6.45) is -1.04. The molecule has 1 saturated carbocycles. The van der Waals surface area contributed by atoms with Crippen molar-refractivity contribution in [1.29, 1.82) is 0 Å². The molecule has 0 bridgehead atoms. The molecule has 0 radical (unpaired) electrons. The summed E-state index contributed by atoms with van der Waals surface area (Å²) in [5.41, 5.74) is 0. The lowest BCUT2D eigenvalue weighted by atomic mass is 9.85. The molecule has 0 aromatic rings. The number of alkyl halides is 2. The lowest BCUT2D eigenvalue weighted by molar-refractivity contribution is -0.164. The molecule has 1 fully saturated rings. The molecule has 3 unspecified atom stereocenters. The van der Waals surface area contributed by atoms with Crippen molar-refractivity contribution in [3.63, 3.8) is 0 Å². The van der Waals surface area contributed by atoms with E-state index < -0.39 is 13.0 Å². The Morgan fingerprint density at radius 3 is 2.67 bits per heavy atom. The van der Waals surface area contributed by atoms with E-state index in [2.05, 4.69) is 12.2 Å². The molecular formula is C12H23F2NO3. The van der Waals surface area contributed by atoms with Gasteiger partial charge in [0.25, 0.3) is 6.43 Å². The van der Waals surface area contributed by atoms with E-state index in [1.807, 2.05) is 0 Å². The molecule has 18 heavy (non-hydrogen) atoms. The second-order valence-corrected chi connectivity index (χ2v) is 4.39. The van der Waals surface area contributed by atoms with Gasteiger partial charge in [0.1, 0.15) is 6.61 Å². The molecule has 0 aromatic heterocycles. The average Bonchev–Trinajstić information content (AvgIpc) is 2.32. The highest BCUT2D eigenvalue weighted by molar-refractivity contribution is 4.97. The van der Waals surface area contributed by atoms with E-state index in [4.69, 9.17) is 14.2 Å². The number of methoxy groups -OCH3 is 1. The highest BCUT2D eigenvalue weighted by atomic mass is 19.3. The molecule has 0 aliphatic heterocycles. The van der Waals surface area contributed by atoms with Gasteiger partial charge in [-0.25, -0.2) is 8.78 Å². The topological polar surface area (TPSA) is 39.7 Å². The van der Waals surface area contributed by atoms with Gasteiger partial charge in [0.15, 0.2) is 0 Å². The van der Waals surface area contributed by atoms with Crippen LogP contribution in [0.5, 0.6) is 0 Å². The monoisotopic (exact) mass is 267 g/mol. The third kappa shape index (κ3) is 5.14. The third-order valence-electron chi connectivity index (χ3n) is 2.94. The predicted octanol–water partition coefficient (Wildman–Crippen LogP) is 1.44. The van der Waals surface area contributed by atoms with Crippen molar-refractivity contribution < 1.29 is 23.0 Å². The first-order valence-corrected chi connectivity index (χ1v) is 6.42. The number of rotatable bonds is 10. The van der Waals surface area contributed by atoms with Crippen LogP contribution < -0.4 is 5.32 Å². The summed E-state index contributed by atoms with van der Waals surface area (Å²) < 4.78 is 39.8. The van der Waals surface area contributed by atoms with Crippen molar-refractivity contribution in [3.8, 4) is 0 Å². The second-order valence-electron chi connectivity index (χ2n) is 4.39. The summed E-state index contributed by atoms with van der Waals surface area (Å²) in [5.74, 6) is 0. The normalized spacial score (nSPS) is 27.5. The molecular weight excluding hydrogens is 244 g/mol. The van der Waals surface area contributed by atoms with E-state index in [0.717, 1.165) is 19.4 Å². The van der Waals surface area contributed by atoms with Crippen molar-refractivity contribution in [2.45, 2.75) is 44.4 Å². The van der Waals surface area contributed by atoms with Gasteiger partial charge in [0.2, 0.25) is 0 Å². The lowest BCUT2D eigenvalue weighted by Gasteiger charge is -2.44. The number of hydrogen-bond acceptors (Lipinski definition) is 4. The van der Waals surface area contributed by atoms with Crippen LogP contribution in [0, 0.1) is 0 Å². The predicted molar refractivity (Wildman–Crippen MR) is 64.1 cm³/mol. The second kappa shape index (κ2) is 8.74. The van der Waals surface area contributed by atoms with Crippen molar-refractivity contribution >= 4 is 0 Å². The molecule has 3 atom stereocenters. The van der Waals surface area contributed by atoms with Gasteiger partial charge >= 0.3 is 0 Å². The molecule has 0 amide bonds. The Kier molecular flexibility index (Phi) is 7.65. The molecule has 0 spiro atoms. The minimum atomic E-state index is -2.42. The van der Waals surface area contributed by atoms with Gasteiger partial charge in [-0.3, -0.25) is 0 Å². The standard InChI is InChI=1S/C12H23F2NO3/c1-3-4-15-9-7-10(18-8-11(13)14)12(9)17-6-5-16-2/h9-12,15H,3-8H2,1-2H3. The molecule has 1 N–H and O–H groups in total. The van der Waals surface area contributed by atoms with E-state index in [1.54, 1.807) is 7.11 Å². The summed E-state index contributed by atoms with van der Waals surface area (Å²) in [4.78, 5) is 0. The maximum Gasteiger partial charge on any atom is 0.261 e. The molecule has 4 nitrogen and oxygen atoms in total. The quantitative estimate of drug-likeness (QED) is 0.608. The molecule has 0 saturated heterocycles. The Hall–Kier alpha value is -0.300. The molecule has 1 aliphatic rings. The molecule has 6 heteroatoms. The van der Waals surface area contributed by atoms with Gasteiger partial charge < -0.3 is 19.5 Å². The van der Waals surface area contributed by atoms with Crippen LogP contribution >= 0.6 is 0 Å². The summed E-state index contributed by atoms with van der Waals surface area (Å²) in [6.45, 7) is 3.42. The van der Waals surface area contributed by atoms with Crippen molar-refractivity contribution in [2.24, 2.45) is 0 Å². The first-order valence-electron chi connectivity index (χ1n) is 6.42. The van der Waals surface area contributed by atoms with Crippen LogP contribution in [0.2, 0.25) is 0 Å². The van der Waals surface area contributed by atoms with Gasteiger partial charge in [-0.05, 0) is 19.4 Å². The maximum atomic E-state index is 12.1. The van der Waals surface area contributed by atoms with E-state index >= 15 is 0 Å². The fourth-order valence-electron chi connectivity index (χ4n) is 1.96. The van der Waals surface area contributed by atoms with E-state index in [9.17, 15) is 8.78 Å². The average molecular weight is 267 g/mol. The van der Waals surface area contributed by atoms with E-state index in [-0.39, 0.29) is 18.2 Å². The third-order valence-corrected chi connectivity index (χ3v) is 2.94. The van der Waals surface area contributed by atoms with Crippen LogP contribution in [0.3, 0.4) is 0 Å². The molecule has 0 aromatic carbocycles. The lowest BCUT2D eigenvalue weighted by Crippen LogP contribution is -2.60. The maximum absolute atomic E-state index is 12.1. The van der Waals surface area contributed by atoms with Crippen molar-refractivity contribution in [3.05, 3.63) is 0 Å². The van der Waals surface area contributed by atoms with Crippen molar-refractivity contribution in [2.75, 3.05) is 33.5 Å². The molecule has 1 aliphatic carbocycles. The number of halogens is 2. The van der Waals surface area contributed by atoms with Crippen molar-refractivity contribution in [1.82, 2.24) is 5.32 Å². The summed E-state index contributed by atoms with van der Waals surface area (Å²) in [6, 6.07) is 0.199. The molecule has 1 rings (SSSR count). The van der Waals surface area contributed by atoms with Crippen LogP contribution in [0.1, 0.15) is 19.8 Å². The van der Waals surface area contributed by atoms with Gasteiger partial charge in [-0.15, -0.1) is 0 Å². The molecule has 108 valence electrons. The highest BCUT2D eigenvalue weighted by Gasteiger charge is 2.42. The van der Waals surface area contributed by atoms with Crippen LogP contribution in [0.4, 0.5) is 8.78 Å². The summed E-state index contributed by atoms with van der Waals surface area (Å²) in [5, 5.41) is 3.33. The number of nitrogens with one attached hydrogen (secondary N) is 1. The zero-order valence-corrected chi connectivity index (χ0v) is 11.0. The summed E-state index contributed by atoms with van der Waals surface area (Å²) >= 11 is 0. The fourth-order valence-corrected chi connectivity index (χ4v) is 1.96. The Balaban J connectivity index is 2.28. The van der Waals surface area contributed by atoms with Gasteiger partial charge in [0, 0.05) is 13.2 Å². The minimum absolute atomic E-state index is 0.148. The Bertz CT molecular complexity index is 219. The Morgan fingerprint density at radius 1 is 1.28 bits per heavy atom.